The lowest BCUT2D eigenvalue weighted by Gasteiger charge is -2.30. The van der Waals surface area contributed by atoms with Gasteiger partial charge in [-0.15, -0.1) is 11.3 Å². The molecule has 1 aliphatic rings. The monoisotopic (exact) mass is 354 g/mol. The van der Waals surface area contributed by atoms with Crippen molar-refractivity contribution in [3.63, 3.8) is 0 Å². The SMILES string of the molecule is CC1CN(C(=O)c2csc(-c3cnn(-c4ccccc4)c3)n2)CCO1. The quantitative estimate of drug-likeness (QED) is 0.726. The molecule has 4 rings (SSSR count). The summed E-state index contributed by atoms with van der Waals surface area (Å²) in [6.45, 7) is 3.78. The summed E-state index contributed by atoms with van der Waals surface area (Å²) < 4.78 is 7.30. The molecule has 1 aliphatic heterocycles. The van der Waals surface area contributed by atoms with Crippen molar-refractivity contribution in [1.82, 2.24) is 19.7 Å². The number of para-hydroxylation sites is 1. The Kier molecular flexibility index (Phi) is 4.33. The Hall–Kier alpha value is -2.51. The van der Waals surface area contributed by atoms with Crippen molar-refractivity contribution in [2.45, 2.75) is 13.0 Å². The van der Waals surface area contributed by atoms with Crippen LogP contribution in [0, 0.1) is 0 Å². The Labute approximate surface area is 149 Å². The number of carbonyl (C=O) groups excluding carboxylic acids is 1. The Morgan fingerprint density at radius 2 is 2.16 bits per heavy atom. The topological polar surface area (TPSA) is 60.2 Å². The number of rotatable bonds is 3. The molecule has 2 aromatic heterocycles. The normalized spacial score (nSPS) is 17.6. The molecule has 128 valence electrons. The van der Waals surface area contributed by atoms with Crippen molar-refractivity contribution in [2.24, 2.45) is 0 Å². The summed E-state index contributed by atoms with van der Waals surface area (Å²) in [5.41, 5.74) is 2.38. The molecule has 7 heteroatoms. The molecule has 1 unspecified atom stereocenters. The number of nitrogens with zero attached hydrogens (tertiary/aromatic N) is 4. The van der Waals surface area contributed by atoms with E-state index in [0.717, 1.165) is 16.3 Å². The van der Waals surface area contributed by atoms with Gasteiger partial charge in [-0.1, -0.05) is 18.2 Å². The van der Waals surface area contributed by atoms with Crippen LogP contribution in [0.2, 0.25) is 0 Å². The fraction of sp³-hybridized carbons (Fsp3) is 0.278. The lowest BCUT2D eigenvalue weighted by Crippen LogP contribution is -2.44. The van der Waals surface area contributed by atoms with Crippen LogP contribution < -0.4 is 0 Å². The third-order valence-corrected chi connectivity index (χ3v) is 4.99. The number of carbonyl (C=O) groups is 1. The molecule has 3 aromatic rings. The van der Waals surface area contributed by atoms with Crippen LogP contribution in [-0.2, 0) is 4.74 Å². The third kappa shape index (κ3) is 3.33. The molecule has 3 heterocycles. The van der Waals surface area contributed by atoms with Gasteiger partial charge in [0, 0.05) is 30.2 Å². The van der Waals surface area contributed by atoms with E-state index in [4.69, 9.17) is 4.74 Å². The van der Waals surface area contributed by atoms with Gasteiger partial charge in [0.2, 0.25) is 0 Å². The van der Waals surface area contributed by atoms with Crippen LogP contribution in [0.25, 0.3) is 16.3 Å². The van der Waals surface area contributed by atoms with Crippen LogP contribution in [0.5, 0.6) is 0 Å². The predicted octanol–water partition coefficient (Wildman–Crippen LogP) is 2.86. The minimum absolute atomic E-state index is 0.0342. The van der Waals surface area contributed by atoms with Crippen molar-refractivity contribution in [1.29, 1.82) is 0 Å². The molecule has 25 heavy (non-hydrogen) atoms. The molecule has 0 radical (unpaired) electrons. The van der Waals surface area contributed by atoms with Crippen molar-refractivity contribution in [3.05, 3.63) is 53.8 Å². The van der Waals surface area contributed by atoms with E-state index in [1.807, 2.05) is 53.5 Å². The number of thiazole rings is 1. The second-order valence-electron chi connectivity index (χ2n) is 5.98. The van der Waals surface area contributed by atoms with E-state index in [-0.39, 0.29) is 12.0 Å². The van der Waals surface area contributed by atoms with Crippen LogP contribution in [0.1, 0.15) is 17.4 Å². The van der Waals surface area contributed by atoms with E-state index < -0.39 is 0 Å². The van der Waals surface area contributed by atoms with Gasteiger partial charge in [-0.25, -0.2) is 9.67 Å². The summed E-state index contributed by atoms with van der Waals surface area (Å²) in [7, 11) is 0. The first-order chi connectivity index (χ1) is 12.2. The average molecular weight is 354 g/mol. The highest BCUT2D eigenvalue weighted by molar-refractivity contribution is 7.13. The number of morpholine rings is 1. The number of hydrogen-bond donors (Lipinski definition) is 0. The Morgan fingerprint density at radius 1 is 1.32 bits per heavy atom. The number of benzene rings is 1. The molecule has 0 bridgehead atoms. The second-order valence-corrected chi connectivity index (χ2v) is 6.84. The van der Waals surface area contributed by atoms with E-state index in [1.54, 1.807) is 11.1 Å². The standard InChI is InChI=1S/C18H18N4O2S/c1-13-10-21(7-8-24-13)18(23)16-12-25-17(20-16)14-9-19-22(11-14)15-5-3-2-4-6-15/h2-6,9,11-13H,7-8,10H2,1H3. The lowest BCUT2D eigenvalue weighted by molar-refractivity contribution is -0.0126. The van der Waals surface area contributed by atoms with Crippen LogP contribution in [0.4, 0.5) is 0 Å². The first-order valence-corrected chi connectivity index (χ1v) is 9.05. The van der Waals surface area contributed by atoms with Crippen LogP contribution in [0.15, 0.2) is 48.1 Å². The zero-order chi connectivity index (χ0) is 17.2. The summed E-state index contributed by atoms with van der Waals surface area (Å²) in [6.07, 6.45) is 3.77. The van der Waals surface area contributed by atoms with Gasteiger partial charge < -0.3 is 9.64 Å². The first-order valence-electron chi connectivity index (χ1n) is 8.17. The van der Waals surface area contributed by atoms with Crippen molar-refractivity contribution in [3.8, 4) is 16.3 Å². The highest BCUT2D eigenvalue weighted by Crippen LogP contribution is 2.25. The predicted molar refractivity (Wildman–Crippen MR) is 96.0 cm³/mol. The maximum Gasteiger partial charge on any atom is 0.273 e. The maximum absolute atomic E-state index is 12.6. The van der Waals surface area contributed by atoms with Crippen molar-refractivity contribution in [2.75, 3.05) is 19.7 Å². The van der Waals surface area contributed by atoms with Gasteiger partial charge in [-0.2, -0.15) is 5.10 Å². The smallest absolute Gasteiger partial charge is 0.273 e. The zero-order valence-electron chi connectivity index (χ0n) is 13.8. The highest BCUT2D eigenvalue weighted by Gasteiger charge is 2.24. The highest BCUT2D eigenvalue weighted by atomic mass is 32.1. The molecule has 1 amide bonds. The van der Waals surface area contributed by atoms with Crippen molar-refractivity contribution >= 4 is 17.2 Å². The van der Waals surface area contributed by atoms with Gasteiger partial charge in [0.1, 0.15) is 10.7 Å². The fourth-order valence-corrected chi connectivity index (χ4v) is 3.59. The molecular weight excluding hydrogens is 336 g/mol. The molecule has 0 spiro atoms. The summed E-state index contributed by atoms with van der Waals surface area (Å²) >= 11 is 1.46. The molecule has 1 fully saturated rings. The summed E-state index contributed by atoms with van der Waals surface area (Å²) in [5, 5.41) is 7.00. The van der Waals surface area contributed by atoms with Gasteiger partial charge in [0.25, 0.3) is 5.91 Å². The van der Waals surface area contributed by atoms with E-state index in [1.165, 1.54) is 11.3 Å². The molecule has 0 N–H and O–H groups in total. The maximum atomic E-state index is 12.6. The van der Waals surface area contributed by atoms with Gasteiger partial charge in [-0.05, 0) is 19.1 Å². The van der Waals surface area contributed by atoms with Gasteiger partial charge in [0.15, 0.2) is 0 Å². The third-order valence-electron chi connectivity index (χ3n) is 4.10. The van der Waals surface area contributed by atoms with Crippen LogP contribution in [0.3, 0.4) is 0 Å². The molecule has 1 saturated heterocycles. The zero-order valence-corrected chi connectivity index (χ0v) is 14.6. The number of ether oxygens (including phenoxy) is 1. The fourth-order valence-electron chi connectivity index (χ4n) is 2.82. The largest absolute Gasteiger partial charge is 0.375 e. The summed E-state index contributed by atoms with van der Waals surface area (Å²) in [5.74, 6) is -0.0342. The van der Waals surface area contributed by atoms with Gasteiger partial charge >= 0.3 is 0 Å². The van der Waals surface area contributed by atoms with Crippen LogP contribution in [-0.4, -0.2) is 51.4 Å². The molecular formula is C18H18N4O2S. The Balaban J connectivity index is 1.53. The Bertz CT molecular complexity index is 874. The summed E-state index contributed by atoms with van der Waals surface area (Å²) in [6, 6.07) is 9.90. The molecule has 6 nitrogen and oxygen atoms in total. The minimum Gasteiger partial charge on any atom is -0.375 e. The van der Waals surface area contributed by atoms with Crippen molar-refractivity contribution < 1.29 is 9.53 Å². The molecule has 0 saturated carbocycles. The molecule has 1 atom stereocenters. The van der Waals surface area contributed by atoms with Crippen LogP contribution >= 0.6 is 11.3 Å². The lowest BCUT2D eigenvalue weighted by atomic mass is 10.3. The average Bonchev–Trinajstić information content (AvgIpc) is 3.31. The van der Waals surface area contributed by atoms with E-state index in [0.29, 0.717) is 25.4 Å². The van der Waals surface area contributed by atoms with E-state index in [9.17, 15) is 4.79 Å². The number of aromatic nitrogens is 3. The van der Waals surface area contributed by atoms with E-state index >= 15 is 0 Å². The molecule has 1 aromatic carbocycles. The molecule has 0 aliphatic carbocycles. The number of hydrogen-bond acceptors (Lipinski definition) is 5. The second kappa shape index (κ2) is 6.78. The first kappa shape index (κ1) is 16.0. The Morgan fingerprint density at radius 3 is 2.96 bits per heavy atom. The van der Waals surface area contributed by atoms with E-state index in [2.05, 4.69) is 10.1 Å². The van der Waals surface area contributed by atoms with Gasteiger partial charge in [-0.3, -0.25) is 4.79 Å². The number of amides is 1. The summed E-state index contributed by atoms with van der Waals surface area (Å²) in [4.78, 5) is 18.9. The minimum atomic E-state index is -0.0342. The van der Waals surface area contributed by atoms with Gasteiger partial charge in [0.05, 0.1) is 24.6 Å².